The molecular weight excluding hydrogens is 506 g/mol. The van der Waals surface area contributed by atoms with Gasteiger partial charge in [0.2, 0.25) is 17.7 Å². The summed E-state index contributed by atoms with van der Waals surface area (Å²) in [4.78, 5) is 41.5. The molecule has 2 aromatic carbocycles. The first kappa shape index (κ1) is 29.3. The predicted octanol–water partition coefficient (Wildman–Crippen LogP) is 2.46. The summed E-state index contributed by atoms with van der Waals surface area (Å²) in [6, 6.07) is 13.4. The van der Waals surface area contributed by atoms with Crippen molar-refractivity contribution in [2.24, 2.45) is 5.92 Å². The number of fused-ring (bicyclic) bond motifs is 2. The first-order chi connectivity index (χ1) is 19.2. The zero-order valence-corrected chi connectivity index (χ0v) is 23.7. The molecule has 4 rings (SSSR count). The average molecular weight is 548 g/mol. The zero-order valence-electron chi connectivity index (χ0n) is 23.7. The fourth-order valence-corrected chi connectivity index (χ4v) is 4.90. The summed E-state index contributed by atoms with van der Waals surface area (Å²) in [6.07, 6.45) is 3.75. The lowest BCUT2D eigenvalue weighted by molar-refractivity contribution is -0.141. The molecule has 4 N–H and O–H groups in total. The number of nitrogens with one attached hydrogen (secondary N) is 4. The molecule has 2 bridgehead atoms. The van der Waals surface area contributed by atoms with Crippen LogP contribution in [0, 0.1) is 11.3 Å². The van der Waals surface area contributed by atoms with E-state index in [4.69, 9.17) is 10.1 Å². The minimum Gasteiger partial charge on any atom is -0.492 e. The van der Waals surface area contributed by atoms with E-state index in [9.17, 15) is 14.4 Å². The molecule has 3 atom stereocenters. The molecule has 40 heavy (non-hydrogen) atoms. The van der Waals surface area contributed by atoms with Gasteiger partial charge in [-0.3, -0.25) is 14.4 Å². The molecule has 0 spiro atoms. The lowest BCUT2D eigenvalue weighted by atomic mass is 10.0. The minimum atomic E-state index is -0.804. The van der Waals surface area contributed by atoms with Crippen LogP contribution in [0.5, 0.6) is 5.75 Å². The van der Waals surface area contributed by atoms with Gasteiger partial charge >= 0.3 is 0 Å². The minimum absolute atomic E-state index is 0.135. The molecule has 2 aromatic rings. The van der Waals surface area contributed by atoms with Crippen molar-refractivity contribution in [3.8, 4) is 5.75 Å². The lowest BCUT2D eigenvalue weighted by Crippen LogP contribution is -2.56. The fourth-order valence-electron chi connectivity index (χ4n) is 4.90. The lowest BCUT2D eigenvalue weighted by Gasteiger charge is -2.30. The third-order valence-corrected chi connectivity index (χ3v) is 7.70. The Morgan fingerprint density at radius 2 is 1.80 bits per heavy atom. The molecule has 0 saturated heterocycles. The molecule has 1 aliphatic carbocycles. The summed E-state index contributed by atoms with van der Waals surface area (Å²) in [5, 5.41) is 17.1. The van der Waals surface area contributed by atoms with E-state index < -0.39 is 12.1 Å². The van der Waals surface area contributed by atoms with Crippen LogP contribution in [0.2, 0.25) is 0 Å². The van der Waals surface area contributed by atoms with Crippen LogP contribution < -0.4 is 20.7 Å². The standard InChI is InChI=1S/C31H41N5O4/c1-20(32)24-11-9-23(10-12-24)19-27-30(38)34-15-5-7-22-6-4-8-26(18-22)40-17-16-33-28(25-13-14-25)31(39)36(3)21(2)29(37)35-27/h4,6,8-12,18,21,25,27-28,32-33H,5,7,13-17,19H2,1-3H3,(H,34,38)(H,35,37)/t21-,27-,28+/m1/s1. The van der Waals surface area contributed by atoms with E-state index in [1.807, 2.05) is 48.5 Å². The number of hydrogen-bond donors (Lipinski definition) is 4. The Balaban J connectivity index is 1.53. The van der Waals surface area contributed by atoms with Gasteiger partial charge in [0.1, 0.15) is 24.4 Å². The number of benzene rings is 2. The molecular formula is C31H41N5O4. The third-order valence-electron chi connectivity index (χ3n) is 7.70. The van der Waals surface area contributed by atoms with Crippen molar-refractivity contribution in [3.05, 3.63) is 65.2 Å². The Labute approximate surface area is 236 Å². The molecule has 1 heterocycles. The topological polar surface area (TPSA) is 124 Å². The van der Waals surface area contributed by atoms with Crippen LogP contribution in [-0.4, -0.2) is 73.2 Å². The van der Waals surface area contributed by atoms with E-state index in [1.165, 1.54) is 4.90 Å². The Morgan fingerprint density at radius 3 is 2.50 bits per heavy atom. The van der Waals surface area contributed by atoms with Crippen molar-refractivity contribution in [1.82, 2.24) is 20.9 Å². The van der Waals surface area contributed by atoms with Gasteiger partial charge in [-0.05, 0) is 74.3 Å². The highest BCUT2D eigenvalue weighted by atomic mass is 16.5. The normalized spacial score (nSPS) is 23.6. The SMILES string of the molecule is CC(=N)c1ccc(C[C@H]2NC(=O)[C@@H](C)N(C)C(=O)[C@H](C3CC3)NCCOc3cccc(c3)CCCNC2=O)cc1. The summed E-state index contributed by atoms with van der Waals surface area (Å²) in [6.45, 7) is 4.82. The Morgan fingerprint density at radius 1 is 1.05 bits per heavy atom. The van der Waals surface area contributed by atoms with Gasteiger partial charge in [-0.2, -0.15) is 0 Å². The number of aryl methyl sites for hydroxylation is 1. The highest BCUT2D eigenvalue weighted by Crippen LogP contribution is 2.33. The second-order valence-electron chi connectivity index (χ2n) is 10.9. The molecule has 0 unspecified atom stereocenters. The van der Waals surface area contributed by atoms with Crippen LogP contribution in [0.4, 0.5) is 0 Å². The Bertz CT molecular complexity index is 1210. The number of likely N-dealkylation sites (N-methyl/N-ethyl adjacent to an activating group) is 1. The number of carbonyl (C=O) groups excluding carboxylic acids is 3. The second-order valence-corrected chi connectivity index (χ2v) is 10.9. The molecule has 9 heteroatoms. The molecule has 1 aliphatic heterocycles. The van der Waals surface area contributed by atoms with E-state index >= 15 is 0 Å². The van der Waals surface area contributed by atoms with E-state index in [1.54, 1.807) is 20.9 Å². The third kappa shape index (κ3) is 7.91. The van der Waals surface area contributed by atoms with Gasteiger partial charge in [0, 0.05) is 32.3 Å². The summed E-state index contributed by atoms with van der Waals surface area (Å²) in [5.74, 6) is 0.238. The molecule has 1 saturated carbocycles. The number of ether oxygens (including phenoxy) is 1. The smallest absolute Gasteiger partial charge is 0.243 e. The quantitative estimate of drug-likeness (QED) is 0.438. The molecule has 0 radical (unpaired) electrons. The zero-order chi connectivity index (χ0) is 28.6. The number of carbonyl (C=O) groups is 3. The van der Waals surface area contributed by atoms with Crippen LogP contribution in [0.3, 0.4) is 0 Å². The first-order valence-electron chi connectivity index (χ1n) is 14.2. The van der Waals surface area contributed by atoms with Crippen molar-refractivity contribution in [2.75, 3.05) is 26.7 Å². The maximum Gasteiger partial charge on any atom is 0.243 e. The van der Waals surface area contributed by atoms with E-state index in [-0.39, 0.29) is 29.7 Å². The van der Waals surface area contributed by atoms with Gasteiger partial charge < -0.3 is 31.0 Å². The van der Waals surface area contributed by atoms with Crippen molar-refractivity contribution < 1.29 is 19.1 Å². The average Bonchev–Trinajstić information content (AvgIpc) is 3.79. The van der Waals surface area contributed by atoms with Crippen LogP contribution in [0.15, 0.2) is 48.5 Å². The Kier molecular flexibility index (Phi) is 9.93. The van der Waals surface area contributed by atoms with Gasteiger partial charge in [-0.25, -0.2) is 0 Å². The fraction of sp³-hybridized carbons (Fsp3) is 0.484. The predicted molar refractivity (Wildman–Crippen MR) is 155 cm³/mol. The van der Waals surface area contributed by atoms with Crippen molar-refractivity contribution >= 4 is 23.4 Å². The van der Waals surface area contributed by atoms with Crippen LogP contribution in [0.1, 0.15) is 49.8 Å². The molecule has 214 valence electrons. The first-order valence-corrected chi connectivity index (χ1v) is 14.2. The molecule has 1 fully saturated rings. The van der Waals surface area contributed by atoms with E-state index in [0.717, 1.165) is 48.1 Å². The van der Waals surface area contributed by atoms with Crippen LogP contribution in [0.25, 0.3) is 0 Å². The van der Waals surface area contributed by atoms with Crippen molar-refractivity contribution in [3.63, 3.8) is 0 Å². The van der Waals surface area contributed by atoms with Gasteiger partial charge in [-0.1, -0.05) is 36.4 Å². The number of nitrogens with zero attached hydrogens (tertiary/aromatic N) is 1. The van der Waals surface area contributed by atoms with Gasteiger partial charge in [0.05, 0.1) is 6.04 Å². The monoisotopic (exact) mass is 547 g/mol. The summed E-state index contributed by atoms with van der Waals surface area (Å²) >= 11 is 0. The van der Waals surface area contributed by atoms with Gasteiger partial charge in [0.15, 0.2) is 0 Å². The van der Waals surface area contributed by atoms with Gasteiger partial charge in [0.25, 0.3) is 0 Å². The number of hydrogen-bond acceptors (Lipinski definition) is 6. The van der Waals surface area contributed by atoms with Crippen molar-refractivity contribution in [2.45, 2.75) is 64.1 Å². The maximum atomic E-state index is 13.4. The van der Waals surface area contributed by atoms with Crippen LogP contribution >= 0.6 is 0 Å². The summed E-state index contributed by atoms with van der Waals surface area (Å²) < 4.78 is 5.94. The summed E-state index contributed by atoms with van der Waals surface area (Å²) in [5.41, 5.74) is 3.25. The molecule has 9 nitrogen and oxygen atoms in total. The molecule has 3 amide bonds. The largest absolute Gasteiger partial charge is 0.492 e. The highest BCUT2D eigenvalue weighted by Gasteiger charge is 2.39. The number of rotatable bonds is 4. The van der Waals surface area contributed by atoms with E-state index in [2.05, 4.69) is 16.0 Å². The molecule has 2 aliphatic rings. The highest BCUT2D eigenvalue weighted by molar-refractivity contribution is 5.96. The van der Waals surface area contributed by atoms with Crippen LogP contribution in [-0.2, 0) is 27.2 Å². The van der Waals surface area contributed by atoms with Crippen molar-refractivity contribution in [1.29, 1.82) is 5.41 Å². The van der Waals surface area contributed by atoms with Gasteiger partial charge in [-0.15, -0.1) is 0 Å². The maximum absolute atomic E-state index is 13.4. The van der Waals surface area contributed by atoms with E-state index in [0.29, 0.717) is 31.8 Å². The number of amides is 3. The second kappa shape index (κ2) is 13.6. The molecule has 0 aromatic heterocycles. The summed E-state index contributed by atoms with van der Waals surface area (Å²) in [7, 11) is 1.64. The Hall–Kier alpha value is -3.72.